The van der Waals surface area contributed by atoms with E-state index < -0.39 is 0 Å². The summed E-state index contributed by atoms with van der Waals surface area (Å²) in [6.07, 6.45) is 0. The number of nitrogens with two attached hydrogens (primary N) is 1. The van der Waals surface area contributed by atoms with E-state index in [1.165, 1.54) is 11.8 Å². The Morgan fingerprint density at radius 1 is 1.50 bits per heavy atom. The van der Waals surface area contributed by atoms with E-state index in [-0.39, 0.29) is 4.75 Å². The van der Waals surface area contributed by atoms with Crippen molar-refractivity contribution in [2.75, 3.05) is 6.54 Å². The zero-order valence-electron chi connectivity index (χ0n) is 7.50. The fraction of sp³-hybridized carbons (Fsp3) is 0.714. The van der Waals surface area contributed by atoms with E-state index in [0.29, 0.717) is 17.7 Å². The van der Waals surface area contributed by atoms with E-state index in [9.17, 15) is 0 Å². The quantitative estimate of drug-likeness (QED) is 0.720. The van der Waals surface area contributed by atoms with Gasteiger partial charge in [0.2, 0.25) is 5.89 Å². The van der Waals surface area contributed by atoms with Crippen LogP contribution in [0, 0.1) is 6.92 Å². The van der Waals surface area contributed by atoms with E-state index in [4.69, 9.17) is 10.2 Å². The predicted octanol–water partition coefficient (Wildman–Crippen LogP) is 1.21. The number of nitrogens with zero attached hydrogens (tertiary/aromatic N) is 2. The SMILES string of the molecule is Cc1nnc(SC(C)(C)CN)o1. The second-order valence-electron chi connectivity index (χ2n) is 3.15. The van der Waals surface area contributed by atoms with Gasteiger partial charge in [0.1, 0.15) is 0 Å². The molecule has 0 bridgehead atoms. The Morgan fingerprint density at radius 3 is 2.58 bits per heavy atom. The van der Waals surface area contributed by atoms with E-state index in [1.807, 2.05) is 13.8 Å². The maximum absolute atomic E-state index is 5.55. The standard InChI is InChI=1S/C7H13N3OS/c1-5-9-10-6(11-5)12-7(2,3)4-8/h4,8H2,1-3H3. The van der Waals surface area contributed by atoms with Gasteiger partial charge in [0.25, 0.3) is 5.22 Å². The molecule has 0 saturated heterocycles. The molecule has 1 aromatic rings. The molecule has 0 spiro atoms. The molecule has 2 N–H and O–H groups in total. The third-order valence-corrected chi connectivity index (χ3v) is 2.42. The lowest BCUT2D eigenvalue weighted by molar-refractivity contribution is 0.426. The van der Waals surface area contributed by atoms with Crippen molar-refractivity contribution in [2.24, 2.45) is 5.73 Å². The summed E-state index contributed by atoms with van der Waals surface area (Å²) in [5.74, 6) is 0.588. The largest absolute Gasteiger partial charge is 0.416 e. The first-order chi connectivity index (χ1) is 5.53. The Labute approximate surface area is 75.9 Å². The summed E-state index contributed by atoms with van der Waals surface area (Å²) in [7, 11) is 0. The van der Waals surface area contributed by atoms with Crippen LogP contribution < -0.4 is 5.73 Å². The van der Waals surface area contributed by atoms with Crippen LogP contribution in [0.25, 0.3) is 0 Å². The summed E-state index contributed by atoms with van der Waals surface area (Å²) in [6, 6.07) is 0. The predicted molar refractivity (Wildman–Crippen MR) is 48.0 cm³/mol. The highest BCUT2D eigenvalue weighted by Gasteiger charge is 2.20. The molecule has 0 fully saturated rings. The summed E-state index contributed by atoms with van der Waals surface area (Å²) in [6.45, 7) is 6.43. The van der Waals surface area contributed by atoms with Crippen LogP contribution in [-0.4, -0.2) is 21.5 Å². The van der Waals surface area contributed by atoms with Crippen molar-refractivity contribution in [3.8, 4) is 0 Å². The molecule has 0 amide bonds. The van der Waals surface area contributed by atoms with Gasteiger partial charge in [-0.25, -0.2) is 0 Å². The third-order valence-electron chi connectivity index (χ3n) is 1.36. The lowest BCUT2D eigenvalue weighted by Gasteiger charge is -2.18. The first-order valence-corrected chi connectivity index (χ1v) is 4.54. The highest BCUT2D eigenvalue weighted by atomic mass is 32.2. The molecule has 0 aromatic carbocycles. The van der Waals surface area contributed by atoms with Crippen LogP contribution in [0.2, 0.25) is 0 Å². The average Bonchev–Trinajstić information content (AvgIpc) is 2.35. The third kappa shape index (κ3) is 2.49. The smallest absolute Gasteiger partial charge is 0.277 e. The molecule has 0 aliphatic rings. The zero-order chi connectivity index (χ0) is 9.19. The topological polar surface area (TPSA) is 64.9 Å². The van der Waals surface area contributed by atoms with Gasteiger partial charge in [0, 0.05) is 18.2 Å². The van der Waals surface area contributed by atoms with Crippen molar-refractivity contribution in [1.82, 2.24) is 10.2 Å². The summed E-state index contributed by atoms with van der Waals surface area (Å²) < 4.78 is 5.16. The first-order valence-electron chi connectivity index (χ1n) is 3.73. The molecular formula is C7H13N3OS. The molecule has 0 radical (unpaired) electrons. The van der Waals surface area contributed by atoms with Crippen molar-refractivity contribution < 1.29 is 4.42 Å². The summed E-state index contributed by atoms with van der Waals surface area (Å²) in [5, 5.41) is 8.18. The Kier molecular flexibility index (Phi) is 2.74. The molecule has 1 heterocycles. The van der Waals surface area contributed by atoms with Crippen LogP contribution in [0.3, 0.4) is 0 Å². The van der Waals surface area contributed by atoms with Crippen LogP contribution in [0.5, 0.6) is 0 Å². The van der Waals surface area contributed by atoms with Gasteiger partial charge in [-0.15, -0.1) is 10.2 Å². The van der Waals surface area contributed by atoms with Gasteiger partial charge < -0.3 is 10.2 Å². The Balaban J connectivity index is 2.63. The molecule has 68 valence electrons. The molecule has 4 nitrogen and oxygen atoms in total. The number of aromatic nitrogens is 2. The van der Waals surface area contributed by atoms with E-state index in [1.54, 1.807) is 6.92 Å². The molecule has 0 aliphatic carbocycles. The fourth-order valence-corrected chi connectivity index (χ4v) is 1.40. The minimum atomic E-state index is -0.0427. The van der Waals surface area contributed by atoms with Crippen molar-refractivity contribution in [1.29, 1.82) is 0 Å². The van der Waals surface area contributed by atoms with Gasteiger partial charge in [-0.1, -0.05) is 11.8 Å². The Morgan fingerprint density at radius 2 is 2.17 bits per heavy atom. The van der Waals surface area contributed by atoms with Crippen molar-refractivity contribution in [2.45, 2.75) is 30.7 Å². The van der Waals surface area contributed by atoms with Crippen molar-refractivity contribution in [3.05, 3.63) is 5.89 Å². The second kappa shape index (κ2) is 3.45. The number of hydrogen-bond acceptors (Lipinski definition) is 5. The van der Waals surface area contributed by atoms with Gasteiger partial charge in [0.15, 0.2) is 0 Å². The Hall–Kier alpha value is -0.550. The average molecular weight is 187 g/mol. The molecule has 0 saturated carbocycles. The molecule has 0 aliphatic heterocycles. The number of aryl methyl sites for hydroxylation is 1. The monoisotopic (exact) mass is 187 g/mol. The maximum Gasteiger partial charge on any atom is 0.277 e. The van der Waals surface area contributed by atoms with Gasteiger partial charge in [0.05, 0.1) is 0 Å². The number of rotatable bonds is 3. The molecule has 5 heteroatoms. The highest BCUT2D eigenvalue weighted by molar-refractivity contribution is 8.00. The second-order valence-corrected chi connectivity index (χ2v) is 4.81. The minimum absolute atomic E-state index is 0.0427. The lowest BCUT2D eigenvalue weighted by Crippen LogP contribution is -2.26. The normalized spacial score (nSPS) is 12.0. The minimum Gasteiger partial charge on any atom is -0.416 e. The number of thioether (sulfide) groups is 1. The van der Waals surface area contributed by atoms with Crippen LogP contribution >= 0.6 is 11.8 Å². The maximum atomic E-state index is 5.55. The van der Waals surface area contributed by atoms with Crippen LogP contribution in [0.1, 0.15) is 19.7 Å². The van der Waals surface area contributed by atoms with Gasteiger partial charge in [-0.05, 0) is 13.8 Å². The van der Waals surface area contributed by atoms with Crippen molar-refractivity contribution in [3.63, 3.8) is 0 Å². The van der Waals surface area contributed by atoms with Crippen molar-refractivity contribution >= 4 is 11.8 Å². The molecule has 0 atom stereocenters. The molecule has 1 rings (SSSR count). The van der Waals surface area contributed by atoms with Gasteiger partial charge in [-0.2, -0.15) is 0 Å². The highest BCUT2D eigenvalue weighted by Crippen LogP contribution is 2.29. The zero-order valence-corrected chi connectivity index (χ0v) is 8.31. The summed E-state index contributed by atoms with van der Waals surface area (Å²) >= 11 is 1.50. The van der Waals surface area contributed by atoms with E-state index in [2.05, 4.69) is 10.2 Å². The number of hydrogen-bond donors (Lipinski definition) is 1. The van der Waals surface area contributed by atoms with Gasteiger partial charge in [-0.3, -0.25) is 0 Å². The molecule has 12 heavy (non-hydrogen) atoms. The lowest BCUT2D eigenvalue weighted by atomic mass is 10.2. The summed E-state index contributed by atoms with van der Waals surface area (Å²) in [5.41, 5.74) is 5.55. The van der Waals surface area contributed by atoms with Crippen LogP contribution in [0.15, 0.2) is 9.64 Å². The first kappa shape index (κ1) is 9.54. The van der Waals surface area contributed by atoms with E-state index >= 15 is 0 Å². The fourth-order valence-electron chi connectivity index (χ4n) is 0.598. The van der Waals surface area contributed by atoms with E-state index in [0.717, 1.165) is 0 Å². The van der Waals surface area contributed by atoms with Crippen LogP contribution in [-0.2, 0) is 0 Å². The molecular weight excluding hydrogens is 174 g/mol. The Bertz CT molecular complexity index is 259. The molecule has 0 unspecified atom stereocenters. The van der Waals surface area contributed by atoms with Gasteiger partial charge >= 0.3 is 0 Å². The molecule has 1 aromatic heterocycles. The summed E-state index contributed by atoms with van der Waals surface area (Å²) in [4.78, 5) is 0. The van der Waals surface area contributed by atoms with Crippen LogP contribution in [0.4, 0.5) is 0 Å².